The van der Waals surface area contributed by atoms with E-state index < -0.39 is 0 Å². The van der Waals surface area contributed by atoms with Crippen LogP contribution in [0.4, 0.5) is 5.82 Å². The predicted molar refractivity (Wildman–Crippen MR) is 108 cm³/mol. The van der Waals surface area contributed by atoms with Crippen LogP contribution in [0.25, 0.3) is 10.9 Å². The zero-order valence-corrected chi connectivity index (χ0v) is 16.1. The number of nitrogens with zero attached hydrogens (tertiary/aromatic N) is 5. The van der Waals surface area contributed by atoms with Crippen LogP contribution in [0.3, 0.4) is 0 Å². The van der Waals surface area contributed by atoms with Crippen LogP contribution in [0, 0.1) is 0 Å². The normalized spacial score (nSPS) is 14.9. The van der Waals surface area contributed by atoms with Crippen molar-refractivity contribution in [3.05, 3.63) is 54.2 Å². The highest BCUT2D eigenvalue weighted by molar-refractivity contribution is 6.06. The van der Waals surface area contributed by atoms with Crippen molar-refractivity contribution in [1.82, 2.24) is 20.1 Å². The summed E-state index contributed by atoms with van der Waals surface area (Å²) in [4.78, 5) is 21.7. The summed E-state index contributed by atoms with van der Waals surface area (Å²) in [6.07, 6.45) is 3.45. The van der Waals surface area contributed by atoms with Crippen molar-refractivity contribution in [3.8, 4) is 5.88 Å². The number of benzene rings is 1. The molecule has 3 heterocycles. The number of hydrogen-bond acceptors (Lipinski definition) is 6. The SMILES string of the molecule is COc1cc(C(=O)N2CCC(N(C)c3cccnn3)CC2)c2ccccc2n1. The number of piperidine rings is 1. The molecule has 0 N–H and O–H groups in total. The van der Waals surface area contributed by atoms with Gasteiger partial charge in [-0.15, -0.1) is 5.10 Å². The number of anilines is 1. The Hall–Kier alpha value is -3.22. The van der Waals surface area contributed by atoms with E-state index in [9.17, 15) is 4.79 Å². The molecule has 4 rings (SSSR count). The molecule has 1 aliphatic heterocycles. The standard InChI is InChI=1S/C21H23N5O2/c1-25(19-8-5-11-22-24-19)15-9-12-26(13-10-15)21(27)17-14-20(28-2)23-18-7-4-3-6-16(17)18/h3-8,11,14-15H,9-10,12-13H2,1-2H3. The van der Waals surface area contributed by atoms with E-state index in [2.05, 4.69) is 20.1 Å². The smallest absolute Gasteiger partial charge is 0.254 e. The van der Waals surface area contributed by atoms with E-state index in [1.165, 1.54) is 0 Å². The Bertz CT molecular complexity index is 971. The van der Waals surface area contributed by atoms with Crippen LogP contribution in [0.2, 0.25) is 0 Å². The zero-order chi connectivity index (χ0) is 19.5. The second-order valence-corrected chi connectivity index (χ2v) is 6.95. The molecule has 1 aliphatic rings. The summed E-state index contributed by atoms with van der Waals surface area (Å²) >= 11 is 0. The summed E-state index contributed by atoms with van der Waals surface area (Å²) in [5.41, 5.74) is 1.41. The summed E-state index contributed by atoms with van der Waals surface area (Å²) in [6, 6.07) is 13.6. The van der Waals surface area contributed by atoms with Gasteiger partial charge in [-0.1, -0.05) is 18.2 Å². The molecule has 7 nitrogen and oxygen atoms in total. The van der Waals surface area contributed by atoms with E-state index in [4.69, 9.17) is 4.74 Å². The maximum atomic E-state index is 13.2. The first-order chi connectivity index (χ1) is 13.7. The number of pyridine rings is 1. The maximum Gasteiger partial charge on any atom is 0.254 e. The molecule has 144 valence electrons. The monoisotopic (exact) mass is 377 g/mol. The Kier molecular flexibility index (Phi) is 5.06. The van der Waals surface area contributed by atoms with Gasteiger partial charge in [-0.05, 0) is 31.0 Å². The van der Waals surface area contributed by atoms with E-state index in [0.717, 1.165) is 29.6 Å². The molecule has 1 amide bonds. The van der Waals surface area contributed by atoms with Gasteiger partial charge in [0.25, 0.3) is 5.91 Å². The molecule has 0 saturated carbocycles. The van der Waals surface area contributed by atoms with Crippen molar-refractivity contribution in [1.29, 1.82) is 0 Å². The fraction of sp³-hybridized carbons (Fsp3) is 0.333. The third-order valence-electron chi connectivity index (χ3n) is 5.35. The summed E-state index contributed by atoms with van der Waals surface area (Å²) < 4.78 is 5.30. The number of ether oxygens (including phenoxy) is 1. The van der Waals surface area contributed by atoms with Crippen LogP contribution >= 0.6 is 0 Å². The van der Waals surface area contributed by atoms with Crippen molar-refractivity contribution in [2.75, 3.05) is 32.1 Å². The number of aromatic nitrogens is 3. The van der Waals surface area contributed by atoms with Crippen molar-refractivity contribution in [2.45, 2.75) is 18.9 Å². The van der Waals surface area contributed by atoms with Crippen molar-refractivity contribution < 1.29 is 9.53 Å². The topological polar surface area (TPSA) is 71.5 Å². The van der Waals surface area contributed by atoms with Crippen LogP contribution in [0.1, 0.15) is 23.2 Å². The maximum absolute atomic E-state index is 13.2. The molecule has 2 aromatic heterocycles. The number of amides is 1. The minimum Gasteiger partial charge on any atom is -0.481 e. The average Bonchev–Trinajstić information content (AvgIpc) is 2.78. The minimum atomic E-state index is 0.0255. The van der Waals surface area contributed by atoms with Crippen molar-refractivity contribution >= 4 is 22.6 Å². The minimum absolute atomic E-state index is 0.0255. The van der Waals surface area contributed by atoms with E-state index in [0.29, 0.717) is 30.6 Å². The van der Waals surface area contributed by atoms with Crippen molar-refractivity contribution in [2.24, 2.45) is 0 Å². The Labute approximate surface area is 164 Å². The molecule has 0 spiro atoms. The highest BCUT2D eigenvalue weighted by atomic mass is 16.5. The number of hydrogen-bond donors (Lipinski definition) is 0. The molecule has 0 radical (unpaired) electrons. The molecule has 0 aliphatic carbocycles. The lowest BCUT2D eigenvalue weighted by Crippen LogP contribution is -2.46. The third-order valence-corrected chi connectivity index (χ3v) is 5.35. The molecular weight excluding hydrogens is 354 g/mol. The van der Waals surface area contributed by atoms with Gasteiger partial charge in [-0.2, -0.15) is 5.10 Å². The summed E-state index contributed by atoms with van der Waals surface area (Å²) in [7, 11) is 3.60. The van der Waals surface area contributed by atoms with Gasteiger partial charge in [-0.25, -0.2) is 4.98 Å². The van der Waals surface area contributed by atoms with E-state index >= 15 is 0 Å². The first-order valence-corrected chi connectivity index (χ1v) is 9.41. The lowest BCUT2D eigenvalue weighted by Gasteiger charge is -2.37. The lowest BCUT2D eigenvalue weighted by atomic mass is 10.0. The molecule has 0 unspecified atom stereocenters. The van der Waals surface area contributed by atoms with Crippen LogP contribution in [0.5, 0.6) is 5.88 Å². The second-order valence-electron chi connectivity index (χ2n) is 6.95. The molecular formula is C21H23N5O2. The Balaban J connectivity index is 1.51. The van der Waals surface area contributed by atoms with Gasteiger partial charge in [0.2, 0.25) is 5.88 Å². The van der Waals surface area contributed by atoms with Gasteiger partial charge in [0, 0.05) is 43.8 Å². The van der Waals surface area contributed by atoms with Gasteiger partial charge < -0.3 is 14.5 Å². The van der Waals surface area contributed by atoms with E-state index in [1.54, 1.807) is 19.4 Å². The average molecular weight is 377 g/mol. The van der Waals surface area contributed by atoms with E-state index in [-0.39, 0.29) is 5.91 Å². The highest BCUT2D eigenvalue weighted by Crippen LogP contribution is 2.26. The van der Waals surface area contributed by atoms with Crippen LogP contribution < -0.4 is 9.64 Å². The number of carbonyl (C=O) groups is 1. The largest absolute Gasteiger partial charge is 0.481 e. The first kappa shape index (κ1) is 18.2. The molecule has 1 aromatic carbocycles. The number of rotatable bonds is 4. The van der Waals surface area contributed by atoms with Crippen molar-refractivity contribution in [3.63, 3.8) is 0 Å². The molecule has 1 saturated heterocycles. The second kappa shape index (κ2) is 7.80. The van der Waals surface area contributed by atoms with E-state index in [1.807, 2.05) is 48.3 Å². The van der Waals surface area contributed by atoms with Gasteiger partial charge >= 0.3 is 0 Å². The third kappa shape index (κ3) is 3.47. The van der Waals surface area contributed by atoms with Gasteiger partial charge in [0.1, 0.15) is 0 Å². The first-order valence-electron chi connectivity index (χ1n) is 9.41. The quantitative estimate of drug-likeness (QED) is 0.696. The summed E-state index contributed by atoms with van der Waals surface area (Å²) in [5, 5.41) is 8.99. The molecule has 0 atom stereocenters. The fourth-order valence-electron chi connectivity index (χ4n) is 3.73. The predicted octanol–water partition coefficient (Wildman–Crippen LogP) is 2.77. The number of likely N-dealkylation sites (tertiary alicyclic amines) is 1. The zero-order valence-electron chi connectivity index (χ0n) is 16.1. The molecule has 0 bridgehead atoms. The Morgan fingerprint density at radius 3 is 2.68 bits per heavy atom. The Morgan fingerprint density at radius 2 is 1.96 bits per heavy atom. The van der Waals surface area contributed by atoms with Gasteiger partial charge in [0.15, 0.2) is 5.82 Å². The molecule has 7 heteroatoms. The highest BCUT2D eigenvalue weighted by Gasteiger charge is 2.27. The van der Waals surface area contributed by atoms with Crippen LogP contribution in [-0.4, -0.2) is 59.3 Å². The van der Waals surface area contributed by atoms with Gasteiger partial charge in [-0.3, -0.25) is 4.79 Å². The molecule has 1 fully saturated rings. The van der Waals surface area contributed by atoms with Crippen LogP contribution in [-0.2, 0) is 0 Å². The van der Waals surface area contributed by atoms with Crippen LogP contribution in [0.15, 0.2) is 48.7 Å². The van der Waals surface area contributed by atoms with Gasteiger partial charge in [0.05, 0.1) is 18.2 Å². The Morgan fingerprint density at radius 1 is 1.18 bits per heavy atom. The summed E-state index contributed by atoms with van der Waals surface area (Å²) in [5.74, 6) is 1.34. The molecule has 3 aromatic rings. The molecule has 28 heavy (non-hydrogen) atoms. The number of para-hydroxylation sites is 1. The number of carbonyl (C=O) groups excluding carboxylic acids is 1. The number of fused-ring (bicyclic) bond motifs is 1. The lowest BCUT2D eigenvalue weighted by molar-refractivity contribution is 0.0714. The number of methoxy groups -OCH3 is 1. The fourth-order valence-corrected chi connectivity index (χ4v) is 3.73. The summed E-state index contributed by atoms with van der Waals surface area (Å²) in [6.45, 7) is 1.40.